The molecule has 0 spiro atoms. The van der Waals surface area contributed by atoms with E-state index in [1.54, 1.807) is 6.08 Å². The second kappa shape index (κ2) is 9.66. The van der Waals surface area contributed by atoms with Crippen LogP contribution in [0.3, 0.4) is 0 Å². The maximum atomic E-state index is 6.09. The van der Waals surface area contributed by atoms with Gasteiger partial charge in [0.15, 0.2) is 0 Å². The van der Waals surface area contributed by atoms with Crippen molar-refractivity contribution in [1.29, 1.82) is 0 Å². The van der Waals surface area contributed by atoms with Crippen molar-refractivity contribution in [2.24, 2.45) is 16.5 Å². The van der Waals surface area contributed by atoms with Crippen LogP contribution in [0.1, 0.15) is 41.5 Å². The first-order valence-electron chi connectivity index (χ1n) is 10.9. The van der Waals surface area contributed by atoms with Crippen molar-refractivity contribution in [3.8, 4) is 0 Å². The Bertz CT molecular complexity index is 1120. The van der Waals surface area contributed by atoms with E-state index in [2.05, 4.69) is 58.5 Å². The Balaban J connectivity index is 1.29. The highest BCUT2D eigenvalue weighted by Crippen LogP contribution is 2.40. The molecule has 1 saturated carbocycles. The summed E-state index contributed by atoms with van der Waals surface area (Å²) >= 11 is 0. The predicted octanol–water partition coefficient (Wildman–Crippen LogP) is 3.66. The summed E-state index contributed by atoms with van der Waals surface area (Å²) in [6.45, 7) is 7.21. The van der Waals surface area contributed by atoms with Crippen LogP contribution in [-0.2, 0) is 13.1 Å². The van der Waals surface area contributed by atoms with Gasteiger partial charge in [0.05, 0.1) is 24.1 Å². The van der Waals surface area contributed by atoms with Crippen LogP contribution in [0.25, 0.3) is 0 Å². The fourth-order valence-electron chi connectivity index (χ4n) is 3.73. The number of amidine groups is 1. The summed E-state index contributed by atoms with van der Waals surface area (Å²) in [5, 5.41) is 8.16. The molecule has 2 atom stereocenters. The minimum atomic E-state index is 0.396. The molecule has 0 amide bonds. The van der Waals surface area contributed by atoms with E-state index in [1.165, 1.54) is 17.5 Å². The van der Waals surface area contributed by atoms with E-state index in [4.69, 9.17) is 11.5 Å². The lowest BCUT2D eigenvalue weighted by Crippen LogP contribution is -2.16. The van der Waals surface area contributed by atoms with Crippen LogP contribution in [-0.4, -0.2) is 21.7 Å². The van der Waals surface area contributed by atoms with Gasteiger partial charge in [0.2, 0.25) is 0 Å². The average Bonchev–Trinajstić information content (AvgIpc) is 3.47. The van der Waals surface area contributed by atoms with E-state index in [-0.39, 0.29) is 0 Å². The molecule has 1 aliphatic rings. The zero-order chi connectivity index (χ0) is 22.5. The minimum absolute atomic E-state index is 0.396. The first kappa shape index (κ1) is 21.6. The van der Waals surface area contributed by atoms with Gasteiger partial charge in [0, 0.05) is 35.8 Å². The van der Waals surface area contributed by atoms with Crippen molar-refractivity contribution in [2.75, 3.05) is 0 Å². The minimum Gasteiger partial charge on any atom is -0.397 e. The van der Waals surface area contributed by atoms with Gasteiger partial charge in [-0.2, -0.15) is 5.10 Å². The van der Waals surface area contributed by atoms with Crippen molar-refractivity contribution in [1.82, 2.24) is 15.1 Å². The standard InChI is InChI=1S/C26H30N6/c1-3-24(27)18(2)31-26(28)22-11-9-19(10-12-22)16-32-17-20(15-30-32)14-29-25-13-23(25)21-7-5-4-6-8-21/h3-12,15,17,23,25,29H,2,13-14,16,27H2,1H3,(H2,28,31)/b24-3+/t23?,25-/m1/s1. The van der Waals surface area contributed by atoms with Gasteiger partial charge in [-0.15, -0.1) is 0 Å². The van der Waals surface area contributed by atoms with Gasteiger partial charge in [-0.05, 0) is 24.5 Å². The molecule has 1 aromatic heterocycles. The Kier molecular flexibility index (Phi) is 6.52. The van der Waals surface area contributed by atoms with E-state index in [9.17, 15) is 0 Å². The van der Waals surface area contributed by atoms with Crippen LogP contribution in [0.15, 0.2) is 96.0 Å². The Hall–Kier alpha value is -3.64. The highest BCUT2D eigenvalue weighted by atomic mass is 15.3. The van der Waals surface area contributed by atoms with E-state index >= 15 is 0 Å². The number of benzene rings is 2. The van der Waals surface area contributed by atoms with E-state index in [0.29, 0.717) is 35.7 Å². The molecule has 6 heteroatoms. The molecule has 0 aliphatic heterocycles. The van der Waals surface area contributed by atoms with Crippen molar-refractivity contribution in [3.63, 3.8) is 0 Å². The first-order valence-corrected chi connectivity index (χ1v) is 10.9. The van der Waals surface area contributed by atoms with Crippen molar-refractivity contribution in [3.05, 3.63) is 113 Å². The number of hydrogen-bond acceptors (Lipinski definition) is 4. The quantitative estimate of drug-likeness (QED) is 0.276. The third kappa shape index (κ3) is 5.34. The topological polar surface area (TPSA) is 94.2 Å². The maximum absolute atomic E-state index is 6.09. The van der Waals surface area contributed by atoms with Crippen LogP contribution in [0.4, 0.5) is 0 Å². The lowest BCUT2D eigenvalue weighted by atomic mass is 10.1. The summed E-state index contributed by atoms with van der Waals surface area (Å²) in [6, 6.07) is 19.2. The molecular formula is C26H30N6. The van der Waals surface area contributed by atoms with Crippen molar-refractivity contribution < 1.29 is 0 Å². The summed E-state index contributed by atoms with van der Waals surface area (Å²) in [5.74, 6) is 1.03. The van der Waals surface area contributed by atoms with E-state index < -0.39 is 0 Å². The average molecular weight is 427 g/mol. The zero-order valence-corrected chi connectivity index (χ0v) is 18.4. The number of nitrogens with two attached hydrogens (primary N) is 2. The van der Waals surface area contributed by atoms with Gasteiger partial charge in [-0.25, -0.2) is 4.99 Å². The summed E-state index contributed by atoms with van der Waals surface area (Å²) in [4.78, 5) is 4.28. The highest BCUT2D eigenvalue weighted by molar-refractivity contribution is 5.98. The van der Waals surface area contributed by atoms with Crippen LogP contribution < -0.4 is 16.8 Å². The Morgan fingerprint density at radius 2 is 1.91 bits per heavy atom. The number of aromatic nitrogens is 2. The van der Waals surface area contributed by atoms with Gasteiger partial charge < -0.3 is 16.8 Å². The molecule has 2 aromatic carbocycles. The summed E-state index contributed by atoms with van der Waals surface area (Å²) in [5.41, 5.74) is 17.5. The molecule has 0 radical (unpaired) electrons. The molecule has 5 N–H and O–H groups in total. The SMILES string of the molecule is C=C(N=C(N)c1ccc(Cn2cc(CN[C@@H]3CC3c3ccccc3)cn2)cc1)/C(N)=C\C. The van der Waals surface area contributed by atoms with Crippen LogP contribution in [0, 0.1) is 0 Å². The molecule has 164 valence electrons. The number of aliphatic imine (C=N–C) groups is 1. The molecule has 3 aromatic rings. The molecule has 32 heavy (non-hydrogen) atoms. The van der Waals surface area contributed by atoms with E-state index in [1.807, 2.05) is 42.1 Å². The van der Waals surface area contributed by atoms with Crippen molar-refractivity contribution >= 4 is 5.84 Å². The van der Waals surface area contributed by atoms with Gasteiger partial charge >= 0.3 is 0 Å². The third-order valence-corrected chi connectivity index (χ3v) is 5.77. The van der Waals surface area contributed by atoms with Crippen LogP contribution in [0.2, 0.25) is 0 Å². The van der Waals surface area contributed by atoms with Gasteiger partial charge in [0.25, 0.3) is 0 Å². The number of hydrogen-bond donors (Lipinski definition) is 3. The number of rotatable bonds is 9. The van der Waals surface area contributed by atoms with Crippen LogP contribution >= 0.6 is 0 Å². The molecule has 0 bridgehead atoms. The summed E-state index contributed by atoms with van der Waals surface area (Å²) in [7, 11) is 0. The lowest BCUT2D eigenvalue weighted by molar-refractivity contribution is 0.666. The van der Waals surface area contributed by atoms with Crippen LogP contribution in [0.5, 0.6) is 0 Å². The van der Waals surface area contributed by atoms with Crippen molar-refractivity contribution in [2.45, 2.75) is 38.4 Å². The molecular weight excluding hydrogens is 396 g/mol. The normalized spacial score (nSPS) is 18.5. The van der Waals surface area contributed by atoms with Gasteiger partial charge in [-0.1, -0.05) is 67.3 Å². The highest BCUT2D eigenvalue weighted by Gasteiger charge is 2.37. The largest absolute Gasteiger partial charge is 0.397 e. The Labute approximate surface area is 189 Å². The van der Waals surface area contributed by atoms with E-state index in [0.717, 1.165) is 17.7 Å². The smallest absolute Gasteiger partial charge is 0.131 e. The number of nitrogens with one attached hydrogen (secondary N) is 1. The zero-order valence-electron chi connectivity index (χ0n) is 18.4. The maximum Gasteiger partial charge on any atom is 0.131 e. The monoisotopic (exact) mass is 426 g/mol. The molecule has 1 heterocycles. The van der Waals surface area contributed by atoms with Gasteiger partial charge in [-0.3, -0.25) is 4.68 Å². The predicted molar refractivity (Wildman–Crippen MR) is 130 cm³/mol. The molecule has 6 nitrogen and oxygen atoms in total. The summed E-state index contributed by atoms with van der Waals surface area (Å²) in [6.07, 6.45) is 6.98. The third-order valence-electron chi connectivity index (χ3n) is 5.77. The molecule has 1 aliphatic carbocycles. The first-order chi connectivity index (χ1) is 15.5. The van der Waals surface area contributed by atoms with Gasteiger partial charge in [0.1, 0.15) is 5.84 Å². The second-order valence-corrected chi connectivity index (χ2v) is 8.17. The lowest BCUT2D eigenvalue weighted by Gasteiger charge is -2.06. The molecule has 0 saturated heterocycles. The number of allylic oxidation sites excluding steroid dienone is 1. The number of nitrogens with zero attached hydrogens (tertiary/aromatic N) is 3. The molecule has 1 unspecified atom stereocenters. The second-order valence-electron chi connectivity index (χ2n) is 8.17. The summed E-state index contributed by atoms with van der Waals surface area (Å²) < 4.78 is 1.96. The molecule has 1 fully saturated rings. The Morgan fingerprint density at radius 3 is 2.62 bits per heavy atom. The fraction of sp³-hybridized carbons (Fsp3) is 0.231. The fourth-order valence-corrected chi connectivity index (χ4v) is 3.73. The Morgan fingerprint density at radius 1 is 1.16 bits per heavy atom. The molecule has 4 rings (SSSR count).